The van der Waals surface area contributed by atoms with E-state index in [4.69, 9.17) is 0 Å². The summed E-state index contributed by atoms with van der Waals surface area (Å²) in [6.07, 6.45) is 0. The lowest BCUT2D eigenvalue weighted by molar-refractivity contribution is 0.857. The van der Waals surface area contributed by atoms with E-state index in [2.05, 4.69) is 177 Å². The second-order valence-electron chi connectivity index (χ2n) is 10.9. The maximum absolute atomic E-state index is 2.34. The Kier molecular flexibility index (Phi) is 7.52. The molecule has 0 N–H and O–H groups in total. The summed E-state index contributed by atoms with van der Waals surface area (Å²) >= 11 is 0. The van der Waals surface area contributed by atoms with Crippen LogP contribution in [-0.4, -0.2) is 0 Å². The van der Waals surface area contributed by atoms with Crippen LogP contribution in [0.5, 0.6) is 0 Å². The summed E-state index contributed by atoms with van der Waals surface area (Å²) in [5.41, 5.74) is 13.6. The summed E-state index contributed by atoms with van der Waals surface area (Å²) in [4.78, 5) is 2.34. The lowest BCUT2D eigenvalue weighted by Gasteiger charge is -2.26. The predicted octanol–water partition coefficient (Wildman–Crippen LogP) is 11.6. The minimum Gasteiger partial charge on any atom is -0.311 e. The Morgan fingerprint density at radius 3 is 1.20 bits per heavy atom. The van der Waals surface area contributed by atoms with E-state index in [1.807, 2.05) is 0 Å². The average molecular weight is 530 g/mol. The molecule has 0 aromatic heterocycles. The molecular formula is C40H35N. The Morgan fingerprint density at radius 2 is 0.780 bits per heavy atom. The Hall–Kier alpha value is -4.88. The fourth-order valence-electron chi connectivity index (χ4n) is 5.70. The lowest BCUT2D eigenvalue weighted by Crippen LogP contribution is -2.09. The van der Waals surface area contributed by atoms with Crippen LogP contribution in [0.3, 0.4) is 0 Å². The van der Waals surface area contributed by atoms with Gasteiger partial charge in [-0.05, 0) is 93.7 Å². The Morgan fingerprint density at radius 1 is 0.390 bits per heavy atom. The Labute approximate surface area is 244 Å². The Balaban J connectivity index is 1.39. The molecule has 0 unspecified atom stereocenters. The van der Waals surface area contributed by atoms with Gasteiger partial charge in [0.05, 0.1) is 0 Å². The van der Waals surface area contributed by atoms with Crippen LogP contribution >= 0.6 is 0 Å². The molecule has 0 spiro atoms. The number of nitrogens with zero attached hydrogens (tertiary/aromatic N) is 1. The molecule has 0 aliphatic heterocycles. The van der Waals surface area contributed by atoms with Crippen molar-refractivity contribution in [2.24, 2.45) is 0 Å². The molecule has 6 rings (SSSR count). The van der Waals surface area contributed by atoms with Gasteiger partial charge in [-0.1, -0.05) is 129 Å². The first-order valence-electron chi connectivity index (χ1n) is 14.4. The van der Waals surface area contributed by atoms with E-state index in [1.54, 1.807) is 0 Å². The third-order valence-corrected chi connectivity index (χ3v) is 7.90. The molecule has 0 aliphatic carbocycles. The van der Waals surface area contributed by atoms with E-state index < -0.39 is 0 Å². The first-order chi connectivity index (χ1) is 20.1. The molecule has 0 heterocycles. The third-order valence-electron chi connectivity index (χ3n) is 7.90. The van der Waals surface area contributed by atoms with Gasteiger partial charge in [0.2, 0.25) is 0 Å². The smallest absolute Gasteiger partial charge is 0.0462 e. The second-order valence-corrected chi connectivity index (χ2v) is 10.9. The van der Waals surface area contributed by atoms with Gasteiger partial charge in [-0.2, -0.15) is 0 Å². The molecule has 1 heteroatoms. The zero-order valence-corrected chi connectivity index (χ0v) is 24.0. The van der Waals surface area contributed by atoms with E-state index in [0.717, 1.165) is 17.1 Å². The van der Waals surface area contributed by atoms with Crippen molar-refractivity contribution in [3.63, 3.8) is 0 Å². The van der Waals surface area contributed by atoms with E-state index in [0.29, 0.717) is 5.92 Å². The van der Waals surface area contributed by atoms with Gasteiger partial charge < -0.3 is 4.90 Å². The monoisotopic (exact) mass is 529 g/mol. The number of benzene rings is 6. The fraction of sp³-hybridized carbons (Fsp3) is 0.100. The fourth-order valence-corrected chi connectivity index (χ4v) is 5.70. The van der Waals surface area contributed by atoms with Crippen molar-refractivity contribution in [1.82, 2.24) is 0 Å². The molecule has 6 aromatic carbocycles. The largest absolute Gasteiger partial charge is 0.311 e. The highest BCUT2D eigenvalue weighted by atomic mass is 15.1. The molecule has 0 atom stereocenters. The van der Waals surface area contributed by atoms with Crippen molar-refractivity contribution < 1.29 is 0 Å². The molecule has 41 heavy (non-hydrogen) atoms. The SMILES string of the molecule is Cc1c(-c2ccc(N(c3ccc(-c4ccccc4)cc3)c3ccc(-c4ccccc4)cc3)cc2)cccc1C(C)C. The number of hydrogen-bond donors (Lipinski definition) is 0. The molecule has 200 valence electrons. The van der Waals surface area contributed by atoms with Crippen LogP contribution in [0.2, 0.25) is 0 Å². The maximum Gasteiger partial charge on any atom is 0.0462 e. The van der Waals surface area contributed by atoms with Crippen LogP contribution in [0.4, 0.5) is 17.1 Å². The van der Waals surface area contributed by atoms with E-state index in [-0.39, 0.29) is 0 Å². The summed E-state index contributed by atoms with van der Waals surface area (Å²) in [6.45, 7) is 6.77. The molecule has 0 radical (unpaired) electrons. The standard InChI is InChI=1S/C40H35N/c1-29(2)39-15-10-16-40(30(39)3)35-21-27-38(28-22-35)41(36-23-17-33(18-24-36)31-11-6-4-7-12-31)37-25-19-34(20-26-37)32-13-8-5-9-14-32/h4-29H,1-3H3. The zero-order chi connectivity index (χ0) is 28.2. The molecular weight excluding hydrogens is 494 g/mol. The van der Waals surface area contributed by atoms with Gasteiger partial charge in [-0.25, -0.2) is 0 Å². The van der Waals surface area contributed by atoms with E-state index in [9.17, 15) is 0 Å². The van der Waals surface area contributed by atoms with Crippen LogP contribution < -0.4 is 4.90 Å². The van der Waals surface area contributed by atoms with Crippen LogP contribution in [0.25, 0.3) is 33.4 Å². The van der Waals surface area contributed by atoms with Gasteiger partial charge in [-0.15, -0.1) is 0 Å². The second kappa shape index (κ2) is 11.7. The summed E-state index contributed by atoms with van der Waals surface area (Å²) in [5, 5.41) is 0. The van der Waals surface area contributed by atoms with E-state index in [1.165, 1.54) is 44.5 Å². The van der Waals surface area contributed by atoms with Crippen molar-refractivity contribution in [3.8, 4) is 33.4 Å². The number of rotatable bonds is 7. The lowest BCUT2D eigenvalue weighted by atomic mass is 9.91. The first kappa shape index (κ1) is 26.3. The van der Waals surface area contributed by atoms with Crippen LogP contribution in [0.15, 0.2) is 152 Å². The molecule has 0 saturated carbocycles. The van der Waals surface area contributed by atoms with Gasteiger partial charge in [0.15, 0.2) is 0 Å². The quantitative estimate of drug-likeness (QED) is 0.199. The van der Waals surface area contributed by atoms with E-state index >= 15 is 0 Å². The summed E-state index contributed by atoms with van der Waals surface area (Å²) < 4.78 is 0. The van der Waals surface area contributed by atoms with Gasteiger partial charge in [0.1, 0.15) is 0 Å². The zero-order valence-electron chi connectivity index (χ0n) is 24.0. The highest BCUT2D eigenvalue weighted by Gasteiger charge is 2.15. The highest BCUT2D eigenvalue weighted by Crippen LogP contribution is 2.38. The van der Waals surface area contributed by atoms with Gasteiger partial charge >= 0.3 is 0 Å². The topological polar surface area (TPSA) is 3.24 Å². The molecule has 0 bridgehead atoms. The minimum atomic E-state index is 0.502. The summed E-state index contributed by atoms with van der Waals surface area (Å²) in [5.74, 6) is 0.502. The van der Waals surface area contributed by atoms with Crippen molar-refractivity contribution in [3.05, 3.63) is 163 Å². The number of hydrogen-bond acceptors (Lipinski definition) is 1. The van der Waals surface area contributed by atoms with Crippen LogP contribution in [-0.2, 0) is 0 Å². The molecule has 6 aromatic rings. The van der Waals surface area contributed by atoms with Gasteiger partial charge in [-0.3, -0.25) is 0 Å². The normalized spacial score (nSPS) is 11.0. The molecule has 0 saturated heterocycles. The molecule has 0 amide bonds. The van der Waals surface area contributed by atoms with Gasteiger partial charge in [0.25, 0.3) is 0 Å². The van der Waals surface area contributed by atoms with Crippen molar-refractivity contribution >= 4 is 17.1 Å². The first-order valence-corrected chi connectivity index (χ1v) is 14.4. The van der Waals surface area contributed by atoms with Crippen LogP contribution in [0.1, 0.15) is 30.9 Å². The van der Waals surface area contributed by atoms with Crippen molar-refractivity contribution in [1.29, 1.82) is 0 Å². The van der Waals surface area contributed by atoms with Gasteiger partial charge in [0, 0.05) is 17.1 Å². The van der Waals surface area contributed by atoms with Crippen LogP contribution in [0, 0.1) is 6.92 Å². The summed E-state index contributed by atoms with van der Waals surface area (Å²) in [6, 6.07) is 54.5. The molecule has 0 fully saturated rings. The molecule has 1 nitrogen and oxygen atoms in total. The third kappa shape index (κ3) is 5.58. The predicted molar refractivity (Wildman–Crippen MR) is 176 cm³/mol. The van der Waals surface area contributed by atoms with Crippen molar-refractivity contribution in [2.45, 2.75) is 26.7 Å². The van der Waals surface area contributed by atoms with Crippen molar-refractivity contribution in [2.75, 3.05) is 4.90 Å². The maximum atomic E-state index is 2.34. The Bertz CT molecular complexity index is 1630. The average Bonchev–Trinajstić information content (AvgIpc) is 3.03. The highest BCUT2D eigenvalue weighted by molar-refractivity contribution is 5.81. The molecule has 0 aliphatic rings. The summed E-state index contributed by atoms with van der Waals surface area (Å²) in [7, 11) is 0. The number of anilines is 3. The minimum absolute atomic E-state index is 0.502.